The van der Waals surface area contributed by atoms with Crippen molar-refractivity contribution in [2.24, 2.45) is 0 Å². The predicted octanol–water partition coefficient (Wildman–Crippen LogP) is 3.80. The molecule has 3 heterocycles. The molecule has 8 heteroatoms. The number of aryl methyl sites for hydroxylation is 1. The van der Waals surface area contributed by atoms with Gasteiger partial charge in [0.25, 0.3) is 0 Å². The second-order valence-corrected chi connectivity index (χ2v) is 6.35. The summed E-state index contributed by atoms with van der Waals surface area (Å²) in [6.07, 6.45) is 3.24. The third kappa shape index (κ3) is 3.11. The van der Waals surface area contributed by atoms with Crippen molar-refractivity contribution in [1.82, 2.24) is 20.1 Å². The Morgan fingerprint density at radius 2 is 2.00 bits per heavy atom. The molecule has 0 bridgehead atoms. The molecule has 124 valence electrons. The van der Waals surface area contributed by atoms with Crippen LogP contribution in [0.15, 0.2) is 63.4 Å². The first kappa shape index (κ1) is 15.4. The Bertz CT molecular complexity index is 1040. The minimum Gasteiger partial charge on any atom is -0.394 e. The summed E-state index contributed by atoms with van der Waals surface area (Å²) in [7, 11) is 0. The van der Waals surface area contributed by atoms with E-state index < -0.39 is 0 Å². The fourth-order valence-electron chi connectivity index (χ4n) is 2.37. The Labute approximate surface area is 147 Å². The summed E-state index contributed by atoms with van der Waals surface area (Å²) in [5, 5.41) is 8.65. The molecule has 0 amide bonds. The lowest BCUT2D eigenvalue weighted by molar-refractivity contribution is 0.400. The summed E-state index contributed by atoms with van der Waals surface area (Å²) in [5.74, 6) is 1.73. The van der Waals surface area contributed by atoms with E-state index in [1.165, 1.54) is 18.1 Å². The van der Waals surface area contributed by atoms with E-state index in [2.05, 4.69) is 25.4 Å². The van der Waals surface area contributed by atoms with Crippen molar-refractivity contribution < 1.29 is 4.52 Å². The largest absolute Gasteiger partial charge is 0.394 e. The number of para-hydroxylation sites is 1. The highest BCUT2D eigenvalue weighted by molar-refractivity contribution is 7.99. The molecule has 1 aromatic carbocycles. The quantitative estimate of drug-likeness (QED) is 0.536. The van der Waals surface area contributed by atoms with Crippen molar-refractivity contribution in [2.45, 2.75) is 16.8 Å². The van der Waals surface area contributed by atoms with Crippen LogP contribution >= 0.6 is 11.8 Å². The van der Waals surface area contributed by atoms with E-state index in [0.717, 1.165) is 15.8 Å². The number of fused-ring (bicyclic) bond motifs is 1. The van der Waals surface area contributed by atoms with Crippen LogP contribution in [-0.4, -0.2) is 20.1 Å². The molecule has 0 aliphatic rings. The molecule has 0 fully saturated rings. The van der Waals surface area contributed by atoms with Crippen LogP contribution in [0, 0.1) is 6.92 Å². The number of rotatable bonds is 4. The summed E-state index contributed by atoms with van der Waals surface area (Å²) in [6, 6.07) is 11.7. The molecule has 0 saturated heterocycles. The van der Waals surface area contributed by atoms with Gasteiger partial charge in [-0.25, -0.2) is 9.97 Å². The molecule has 0 unspecified atom stereocenters. The van der Waals surface area contributed by atoms with Crippen molar-refractivity contribution in [3.05, 3.63) is 54.7 Å². The standard InChI is InChI=1S/C17H14N6OS/c1-10-8-13(23-24-10)22-16-14(18)17(21-9-20-16)25-12-6-2-4-11-5-3-7-19-15(11)12/h2-9H,18H2,1H3,(H,20,21,22,23). The first-order chi connectivity index (χ1) is 12.2. The number of benzene rings is 1. The molecule has 4 rings (SSSR count). The van der Waals surface area contributed by atoms with Crippen LogP contribution in [0.5, 0.6) is 0 Å². The first-order valence-electron chi connectivity index (χ1n) is 7.53. The monoisotopic (exact) mass is 350 g/mol. The fourth-order valence-corrected chi connectivity index (χ4v) is 3.30. The number of nitrogen functional groups attached to an aromatic ring is 1. The van der Waals surface area contributed by atoms with Crippen molar-refractivity contribution in [2.75, 3.05) is 11.1 Å². The van der Waals surface area contributed by atoms with Crippen LogP contribution < -0.4 is 11.1 Å². The number of nitrogens with one attached hydrogen (secondary N) is 1. The zero-order valence-corrected chi connectivity index (χ0v) is 14.1. The Hall–Kier alpha value is -3.13. The minimum atomic E-state index is 0.445. The highest BCUT2D eigenvalue weighted by Crippen LogP contribution is 2.36. The molecule has 25 heavy (non-hydrogen) atoms. The van der Waals surface area contributed by atoms with Gasteiger partial charge in [-0.1, -0.05) is 35.1 Å². The Kier molecular flexibility index (Phi) is 3.95. The molecule has 0 aliphatic heterocycles. The molecular formula is C17H14N6OS. The van der Waals surface area contributed by atoms with Gasteiger partial charge >= 0.3 is 0 Å². The van der Waals surface area contributed by atoms with Gasteiger partial charge in [0.1, 0.15) is 22.8 Å². The van der Waals surface area contributed by atoms with Crippen molar-refractivity contribution in [3.63, 3.8) is 0 Å². The molecular weight excluding hydrogens is 336 g/mol. The van der Waals surface area contributed by atoms with E-state index in [9.17, 15) is 0 Å². The Morgan fingerprint density at radius 3 is 2.84 bits per heavy atom. The molecule has 4 aromatic rings. The van der Waals surface area contributed by atoms with E-state index in [-0.39, 0.29) is 0 Å². The van der Waals surface area contributed by atoms with Crippen molar-refractivity contribution >= 4 is 40.0 Å². The van der Waals surface area contributed by atoms with E-state index in [1.807, 2.05) is 37.3 Å². The van der Waals surface area contributed by atoms with Crippen LogP contribution in [0.2, 0.25) is 0 Å². The van der Waals surface area contributed by atoms with Crippen LogP contribution in [-0.2, 0) is 0 Å². The summed E-state index contributed by atoms with van der Waals surface area (Å²) in [5.41, 5.74) is 7.60. The highest BCUT2D eigenvalue weighted by Gasteiger charge is 2.13. The van der Waals surface area contributed by atoms with E-state index >= 15 is 0 Å². The number of anilines is 3. The van der Waals surface area contributed by atoms with Crippen molar-refractivity contribution in [1.29, 1.82) is 0 Å². The second-order valence-electron chi connectivity index (χ2n) is 5.32. The number of nitrogens with two attached hydrogens (primary N) is 1. The average molecular weight is 350 g/mol. The maximum atomic E-state index is 6.24. The van der Waals surface area contributed by atoms with Crippen molar-refractivity contribution in [3.8, 4) is 0 Å². The molecule has 3 N–H and O–H groups in total. The third-order valence-electron chi connectivity index (χ3n) is 3.52. The van der Waals surface area contributed by atoms with Crippen LogP contribution in [0.3, 0.4) is 0 Å². The number of aromatic nitrogens is 4. The predicted molar refractivity (Wildman–Crippen MR) is 96.8 cm³/mol. The van der Waals surface area contributed by atoms with Gasteiger partial charge in [-0.05, 0) is 19.1 Å². The lowest BCUT2D eigenvalue weighted by atomic mass is 10.2. The fraction of sp³-hybridized carbons (Fsp3) is 0.0588. The molecule has 0 aliphatic carbocycles. The lowest BCUT2D eigenvalue weighted by Crippen LogP contribution is -2.02. The maximum absolute atomic E-state index is 6.24. The number of hydrogen-bond acceptors (Lipinski definition) is 8. The second kappa shape index (κ2) is 6.40. The van der Waals surface area contributed by atoms with Gasteiger partial charge in [0.15, 0.2) is 11.6 Å². The summed E-state index contributed by atoms with van der Waals surface area (Å²) in [6.45, 7) is 1.82. The van der Waals surface area contributed by atoms with E-state index in [1.54, 1.807) is 12.3 Å². The Morgan fingerprint density at radius 1 is 1.12 bits per heavy atom. The Balaban J connectivity index is 1.67. The van der Waals surface area contributed by atoms with Gasteiger partial charge in [-0.3, -0.25) is 4.98 Å². The summed E-state index contributed by atoms with van der Waals surface area (Å²) in [4.78, 5) is 13.9. The molecule has 0 saturated carbocycles. The minimum absolute atomic E-state index is 0.445. The van der Waals surface area contributed by atoms with Gasteiger partial charge in [-0.2, -0.15) is 0 Å². The van der Waals surface area contributed by atoms with Gasteiger partial charge in [0, 0.05) is 22.5 Å². The number of pyridine rings is 1. The number of nitrogens with zero attached hydrogens (tertiary/aromatic N) is 4. The normalized spacial score (nSPS) is 10.9. The van der Waals surface area contributed by atoms with Gasteiger partial charge < -0.3 is 15.6 Å². The van der Waals surface area contributed by atoms with Gasteiger partial charge in [0.05, 0.1) is 5.52 Å². The van der Waals surface area contributed by atoms with Gasteiger partial charge in [-0.15, -0.1) is 0 Å². The van der Waals surface area contributed by atoms with Crippen LogP contribution in [0.4, 0.5) is 17.3 Å². The van der Waals surface area contributed by atoms with Gasteiger partial charge in [0.2, 0.25) is 0 Å². The molecule has 0 spiro atoms. The first-order valence-corrected chi connectivity index (χ1v) is 8.35. The zero-order chi connectivity index (χ0) is 17.2. The molecule has 3 aromatic heterocycles. The lowest BCUT2D eigenvalue weighted by Gasteiger charge is -2.10. The third-order valence-corrected chi connectivity index (χ3v) is 4.59. The maximum Gasteiger partial charge on any atom is 0.175 e. The molecule has 0 radical (unpaired) electrons. The summed E-state index contributed by atoms with van der Waals surface area (Å²) < 4.78 is 5.04. The average Bonchev–Trinajstić information content (AvgIpc) is 3.04. The number of hydrogen-bond donors (Lipinski definition) is 2. The van der Waals surface area contributed by atoms with E-state index in [4.69, 9.17) is 10.3 Å². The topological polar surface area (TPSA) is 103 Å². The SMILES string of the molecule is Cc1cc(Nc2ncnc(Sc3cccc4cccnc34)c2N)no1. The smallest absolute Gasteiger partial charge is 0.175 e. The van der Waals surface area contributed by atoms with Crippen LogP contribution in [0.25, 0.3) is 10.9 Å². The molecule has 0 atom stereocenters. The zero-order valence-electron chi connectivity index (χ0n) is 13.3. The van der Waals surface area contributed by atoms with E-state index in [0.29, 0.717) is 28.1 Å². The van der Waals surface area contributed by atoms with Crippen LogP contribution in [0.1, 0.15) is 5.76 Å². The highest BCUT2D eigenvalue weighted by atomic mass is 32.2. The molecule has 7 nitrogen and oxygen atoms in total. The summed E-state index contributed by atoms with van der Waals surface area (Å²) >= 11 is 1.45.